The first-order chi connectivity index (χ1) is 16.2. The molecule has 1 aromatic heterocycles. The van der Waals surface area contributed by atoms with Gasteiger partial charge in [0, 0.05) is 43.8 Å². The van der Waals surface area contributed by atoms with Gasteiger partial charge in [0.1, 0.15) is 23.2 Å². The van der Waals surface area contributed by atoms with E-state index in [0.717, 1.165) is 37.0 Å². The van der Waals surface area contributed by atoms with Crippen LogP contribution < -0.4 is 21.3 Å². The van der Waals surface area contributed by atoms with Crippen LogP contribution in [-0.4, -0.2) is 46.8 Å². The van der Waals surface area contributed by atoms with Gasteiger partial charge in [-0.1, -0.05) is 24.6 Å². The predicted molar refractivity (Wildman–Crippen MR) is 128 cm³/mol. The highest BCUT2D eigenvalue weighted by Crippen LogP contribution is 2.43. The molecule has 5 rings (SSSR count). The summed E-state index contributed by atoms with van der Waals surface area (Å²) >= 11 is 0. The van der Waals surface area contributed by atoms with Crippen molar-refractivity contribution >= 4 is 11.8 Å². The molecule has 1 aliphatic heterocycles. The van der Waals surface area contributed by atoms with Crippen LogP contribution in [-0.2, 0) is 6.54 Å². The third kappa shape index (κ3) is 5.05. The molecule has 2 saturated carbocycles. The van der Waals surface area contributed by atoms with Crippen molar-refractivity contribution in [2.45, 2.75) is 50.7 Å². The van der Waals surface area contributed by atoms with Crippen molar-refractivity contribution in [3.63, 3.8) is 0 Å². The summed E-state index contributed by atoms with van der Waals surface area (Å²) in [6.45, 7) is 3.45. The standard InChI is InChI=1S/C25H33N7O/c26-10-20-13-30-25(29-12-19-4-1-2-7-22(19)33)32-24(20)28-11-16-8-17-5-3-6-18(9-16)23(17)31-21-14-27-15-21/h1-2,4,7,13,16-18,21,23,27,31,33H,3,5-6,8-9,11-12,14-15H2,(H2,28,29,30,32)/t16?,17-,18+,23-. The fourth-order valence-corrected chi connectivity index (χ4v) is 5.74. The molecule has 1 aromatic carbocycles. The molecule has 2 aliphatic carbocycles. The fraction of sp³-hybridized carbons (Fsp3) is 0.560. The zero-order chi connectivity index (χ0) is 22.6. The van der Waals surface area contributed by atoms with Crippen molar-refractivity contribution in [3.05, 3.63) is 41.6 Å². The second kappa shape index (κ2) is 9.94. The molecule has 3 aliphatic rings. The van der Waals surface area contributed by atoms with E-state index >= 15 is 0 Å². The smallest absolute Gasteiger partial charge is 0.224 e. The van der Waals surface area contributed by atoms with Crippen molar-refractivity contribution in [2.75, 3.05) is 30.3 Å². The average Bonchev–Trinajstić information content (AvgIpc) is 2.79. The summed E-state index contributed by atoms with van der Waals surface area (Å²) < 4.78 is 0. The van der Waals surface area contributed by atoms with Crippen molar-refractivity contribution in [3.8, 4) is 11.8 Å². The average molecular weight is 448 g/mol. The maximum Gasteiger partial charge on any atom is 0.224 e. The van der Waals surface area contributed by atoms with Gasteiger partial charge in [0.2, 0.25) is 5.95 Å². The molecule has 2 heterocycles. The number of fused-ring (bicyclic) bond motifs is 2. The summed E-state index contributed by atoms with van der Waals surface area (Å²) in [7, 11) is 0. The van der Waals surface area contributed by atoms with E-state index in [1.54, 1.807) is 18.3 Å². The molecular formula is C25H33N7O. The van der Waals surface area contributed by atoms with E-state index in [0.29, 0.717) is 41.9 Å². The van der Waals surface area contributed by atoms with Gasteiger partial charge in [-0.25, -0.2) is 4.98 Å². The largest absolute Gasteiger partial charge is 0.508 e. The first-order valence-electron chi connectivity index (χ1n) is 12.2. The number of rotatable bonds is 8. The number of nitriles is 1. The molecule has 4 atom stereocenters. The number of aromatic nitrogens is 2. The summed E-state index contributed by atoms with van der Waals surface area (Å²) in [6, 6.07) is 10.7. The van der Waals surface area contributed by atoms with E-state index in [1.165, 1.54) is 32.1 Å². The SMILES string of the molecule is N#Cc1cnc(NCc2ccccc2O)nc1NCC1C[C@H]2CCC[C@@H](C1)[C@@H]2NC1CNC1. The number of phenols is 1. The molecule has 1 unspecified atom stereocenters. The molecular weight excluding hydrogens is 414 g/mol. The van der Waals surface area contributed by atoms with Gasteiger partial charge in [-0.3, -0.25) is 0 Å². The van der Waals surface area contributed by atoms with E-state index < -0.39 is 0 Å². The second-order valence-electron chi connectivity index (χ2n) is 9.77. The Hall–Kier alpha value is -2.89. The molecule has 2 bridgehead atoms. The normalized spacial score (nSPS) is 26.8. The van der Waals surface area contributed by atoms with Gasteiger partial charge in [-0.2, -0.15) is 10.2 Å². The van der Waals surface area contributed by atoms with Gasteiger partial charge in [-0.05, 0) is 49.5 Å². The first-order valence-corrected chi connectivity index (χ1v) is 12.2. The number of para-hydroxylation sites is 1. The Morgan fingerprint density at radius 2 is 1.91 bits per heavy atom. The summed E-state index contributed by atoms with van der Waals surface area (Å²) in [4.78, 5) is 8.83. The van der Waals surface area contributed by atoms with Crippen molar-refractivity contribution < 1.29 is 5.11 Å². The van der Waals surface area contributed by atoms with E-state index in [2.05, 4.69) is 37.3 Å². The molecule has 0 amide bonds. The predicted octanol–water partition coefficient (Wildman–Crippen LogP) is 2.83. The monoisotopic (exact) mass is 447 g/mol. The van der Waals surface area contributed by atoms with Crippen LogP contribution in [0.3, 0.4) is 0 Å². The number of nitrogens with zero attached hydrogens (tertiary/aromatic N) is 3. The minimum absolute atomic E-state index is 0.237. The number of aromatic hydroxyl groups is 1. The molecule has 1 saturated heterocycles. The zero-order valence-corrected chi connectivity index (χ0v) is 18.9. The molecule has 0 spiro atoms. The van der Waals surface area contributed by atoms with Crippen LogP contribution in [0.5, 0.6) is 5.75 Å². The highest BCUT2D eigenvalue weighted by atomic mass is 16.3. The molecule has 2 aromatic rings. The lowest BCUT2D eigenvalue weighted by molar-refractivity contribution is 0.0740. The lowest BCUT2D eigenvalue weighted by Gasteiger charge is -2.48. The maximum absolute atomic E-state index is 9.96. The summed E-state index contributed by atoms with van der Waals surface area (Å²) in [5.74, 6) is 3.36. The van der Waals surface area contributed by atoms with Crippen LogP contribution in [0.1, 0.15) is 43.2 Å². The van der Waals surface area contributed by atoms with Crippen molar-refractivity contribution in [1.82, 2.24) is 20.6 Å². The number of hydrogen-bond acceptors (Lipinski definition) is 8. The van der Waals surface area contributed by atoms with E-state index in [9.17, 15) is 10.4 Å². The van der Waals surface area contributed by atoms with E-state index in [-0.39, 0.29) is 5.75 Å². The Bertz CT molecular complexity index is 988. The highest BCUT2D eigenvalue weighted by molar-refractivity contribution is 5.53. The Balaban J connectivity index is 1.20. The van der Waals surface area contributed by atoms with Gasteiger partial charge in [0.15, 0.2) is 0 Å². The number of nitrogens with one attached hydrogen (secondary N) is 4. The van der Waals surface area contributed by atoms with Crippen LogP contribution >= 0.6 is 0 Å². The Morgan fingerprint density at radius 3 is 2.61 bits per heavy atom. The van der Waals surface area contributed by atoms with Gasteiger partial charge in [0.25, 0.3) is 0 Å². The summed E-state index contributed by atoms with van der Waals surface area (Å²) in [5, 5.41) is 33.4. The molecule has 8 heteroatoms. The number of anilines is 2. The van der Waals surface area contributed by atoms with Gasteiger partial charge < -0.3 is 26.4 Å². The molecule has 0 radical (unpaired) electrons. The lowest BCUT2D eigenvalue weighted by Crippen LogP contribution is -2.62. The third-order valence-electron chi connectivity index (χ3n) is 7.54. The van der Waals surface area contributed by atoms with Crippen LogP contribution in [0, 0.1) is 29.1 Å². The minimum Gasteiger partial charge on any atom is -0.508 e. The minimum atomic E-state index is 0.237. The van der Waals surface area contributed by atoms with E-state index in [1.807, 2.05) is 12.1 Å². The number of benzene rings is 1. The maximum atomic E-state index is 9.96. The Morgan fingerprint density at radius 1 is 1.12 bits per heavy atom. The topological polar surface area (TPSA) is 118 Å². The third-order valence-corrected chi connectivity index (χ3v) is 7.54. The molecule has 3 fully saturated rings. The van der Waals surface area contributed by atoms with Gasteiger partial charge in [-0.15, -0.1) is 0 Å². The van der Waals surface area contributed by atoms with Crippen LogP contribution in [0.25, 0.3) is 0 Å². The van der Waals surface area contributed by atoms with Gasteiger partial charge in [0.05, 0.1) is 6.20 Å². The second-order valence-corrected chi connectivity index (χ2v) is 9.77. The van der Waals surface area contributed by atoms with Gasteiger partial charge >= 0.3 is 0 Å². The zero-order valence-electron chi connectivity index (χ0n) is 18.9. The van der Waals surface area contributed by atoms with E-state index in [4.69, 9.17) is 0 Å². The highest BCUT2D eigenvalue weighted by Gasteiger charge is 2.41. The van der Waals surface area contributed by atoms with Crippen LogP contribution in [0.2, 0.25) is 0 Å². The van der Waals surface area contributed by atoms with Crippen LogP contribution in [0.4, 0.5) is 11.8 Å². The summed E-state index contributed by atoms with van der Waals surface area (Å²) in [5.41, 5.74) is 1.23. The number of hydrogen-bond donors (Lipinski definition) is 5. The quantitative estimate of drug-likeness (QED) is 0.419. The van der Waals surface area contributed by atoms with Crippen LogP contribution in [0.15, 0.2) is 30.5 Å². The number of phenolic OH excluding ortho intramolecular Hbond substituents is 1. The Kier molecular flexibility index (Phi) is 6.60. The molecule has 174 valence electrons. The van der Waals surface area contributed by atoms with Crippen molar-refractivity contribution in [2.24, 2.45) is 17.8 Å². The summed E-state index contributed by atoms with van der Waals surface area (Å²) in [6.07, 6.45) is 8.02. The molecule has 33 heavy (non-hydrogen) atoms. The fourth-order valence-electron chi connectivity index (χ4n) is 5.74. The molecule has 8 nitrogen and oxygen atoms in total. The van der Waals surface area contributed by atoms with Crippen molar-refractivity contribution in [1.29, 1.82) is 5.26 Å². The molecule has 5 N–H and O–H groups in total. The lowest BCUT2D eigenvalue weighted by atomic mass is 9.64. The first kappa shape index (κ1) is 21.9. The Labute approximate surface area is 195 Å².